The molecule has 0 aliphatic heterocycles. The minimum atomic E-state index is -0.223. The molecule has 0 amide bonds. The molecule has 0 spiro atoms. The van der Waals surface area contributed by atoms with Gasteiger partial charge in [-0.25, -0.2) is 5.10 Å². The SMILES string of the molecule is Cc1ccc(-c2noc(C)c2Cc2ccn[nH]c2=O)nn1. The summed E-state index contributed by atoms with van der Waals surface area (Å²) in [6.07, 6.45) is 1.95. The van der Waals surface area contributed by atoms with Crippen LogP contribution in [0.25, 0.3) is 11.4 Å². The normalized spacial score (nSPS) is 10.8. The molecule has 7 heteroatoms. The Morgan fingerprint density at radius 2 is 2.05 bits per heavy atom. The lowest BCUT2D eigenvalue weighted by Gasteiger charge is -2.01. The standard InChI is InChI=1S/C14H13N5O2/c1-8-3-4-12(17-16-8)13-11(9(2)21-19-13)7-10-5-6-15-18-14(10)20/h3-6H,7H2,1-2H3,(H,18,20). The molecule has 0 atom stereocenters. The van der Waals surface area contributed by atoms with Gasteiger partial charge in [0.25, 0.3) is 5.56 Å². The highest BCUT2D eigenvalue weighted by Crippen LogP contribution is 2.24. The monoisotopic (exact) mass is 283 g/mol. The third-order valence-electron chi connectivity index (χ3n) is 3.20. The number of hydrogen-bond acceptors (Lipinski definition) is 6. The van der Waals surface area contributed by atoms with Crippen molar-refractivity contribution in [3.63, 3.8) is 0 Å². The molecule has 0 aromatic carbocycles. The zero-order valence-electron chi connectivity index (χ0n) is 11.6. The van der Waals surface area contributed by atoms with E-state index in [4.69, 9.17) is 4.52 Å². The molecule has 7 nitrogen and oxygen atoms in total. The first-order chi connectivity index (χ1) is 10.1. The van der Waals surface area contributed by atoms with Crippen molar-refractivity contribution in [2.24, 2.45) is 0 Å². The number of nitrogens with zero attached hydrogens (tertiary/aromatic N) is 4. The van der Waals surface area contributed by atoms with Gasteiger partial charge in [0.2, 0.25) is 0 Å². The van der Waals surface area contributed by atoms with Crippen LogP contribution in [0.1, 0.15) is 22.6 Å². The molecule has 0 saturated carbocycles. The summed E-state index contributed by atoms with van der Waals surface area (Å²) in [5, 5.41) is 18.3. The summed E-state index contributed by atoms with van der Waals surface area (Å²) in [6.45, 7) is 3.67. The molecule has 0 aliphatic rings. The van der Waals surface area contributed by atoms with Crippen LogP contribution in [-0.4, -0.2) is 25.6 Å². The van der Waals surface area contributed by atoms with Crippen molar-refractivity contribution >= 4 is 0 Å². The highest BCUT2D eigenvalue weighted by atomic mass is 16.5. The number of nitrogens with one attached hydrogen (secondary N) is 1. The summed E-state index contributed by atoms with van der Waals surface area (Å²) in [4.78, 5) is 11.8. The molecule has 21 heavy (non-hydrogen) atoms. The van der Waals surface area contributed by atoms with E-state index in [1.54, 1.807) is 12.3 Å². The van der Waals surface area contributed by atoms with Gasteiger partial charge >= 0.3 is 0 Å². The zero-order valence-corrected chi connectivity index (χ0v) is 11.6. The second-order valence-corrected chi connectivity index (χ2v) is 4.71. The third kappa shape index (κ3) is 2.58. The van der Waals surface area contributed by atoms with Crippen molar-refractivity contribution in [3.8, 4) is 11.4 Å². The lowest BCUT2D eigenvalue weighted by atomic mass is 10.0. The van der Waals surface area contributed by atoms with Gasteiger partial charge in [0.15, 0.2) is 0 Å². The first kappa shape index (κ1) is 13.2. The molecule has 106 valence electrons. The Kier molecular flexibility index (Phi) is 3.31. The Labute approximate surface area is 120 Å². The minimum absolute atomic E-state index is 0.223. The summed E-state index contributed by atoms with van der Waals surface area (Å²) in [7, 11) is 0. The molecule has 3 aromatic heterocycles. The van der Waals surface area contributed by atoms with E-state index in [0.717, 1.165) is 11.3 Å². The zero-order chi connectivity index (χ0) is 14.8. The van der Waals surface area contributed by atoms with Crippen molar-refractivity contribution in [1.82, 2.24) is 25.6 Å². The fourth-order valence-corrected chi connectivity index (χ4v) is 2.03. The van der Waals surface area contributed by atoms with Gasteiger partial charge in [-0.15, -0.1) is 5.10 Å². The highest BCUT2D eigenvalue weighted by Gasteiger charge is 2.17. The van der Waals surface area contributed by atoms with Crippen molar-refractivity contribution in [2.75, 3.05) is 0 Å². The van der Waals surface area contributed by atoms with Crippen LogP contribution in [0.5, 0.6) is 0 Å². The van der Waals surface area contributed by atoms with Gasteiger partial charge in [-0.05, 0) is 32.0 Å². The van der Waals surface area contributed by atoms with Crippen LogP contribution in [0.2, 0.25) is 0 Å². The number of hydrogen-bond donors (Lipinski definition) is 1. The first-order valence-electron chi connectivity index (χ1n) is 6.43. The predicted molar refractivity (Wildman–Crippen MR) is 74.7 cm³/mol. The Hall–Kier alpha value is -2.83. The van der Waals surface area contributed by atoms with Gasteiger partial charge in [0.1, 0.15) is 17.1 Å². The number of aromatic amines is 1. The Morgan fingerprint density at radius 3 is 2.76 bits per heavy atom. The highest BCUT2D eigenvalue weighted by molar-refractivity contribution is 5.59. The summed E-state index contributed by atoms with van der Waals surface area (Å²) in [6, 6.07) is 5.37. The lowest BCUT2D eigenvalue weighted by molar-refractivity contribution is 0.398. The van der Waals surface area contributed by atoms with Crippen LogP contribution in [-0.2, 0) is 6.42 Å². The minimum Gasteiger partial charge on any atom is -0.361 e. The molecule has 0 bridgehead atoms. The molecule has 0 fully saturated rings. The Morgan fingerprint density at radius 1 is 1.19 bits per heavy atom. The van der Waals surface area contributed by atoms with Crippen molar-refractivity contribution in [1.29, 1.82) is 0 Å². The van der Waals surface area contributed by atoms with Gasteiger partial charge in [0.05, 0.1) is 5.69 Å². The average molecular weight is 283 g/mol. The lowest BCUT2D eigenvalue weighted by Crippen LogP contribution is -2.13. The van der Waals surface area contributed by atoms with E-state index in [9.17, 15) is 4.79 Å². The fourth-order valence-electron chi connectivity index (χ4n) is 2.03. The van der Waals surface area contributed by atoms with E-state index in [2.05, 4.69) is 25.6 Å². The molecule has 3 heterocycles. The molecule has 0 radical (unpaired) electrons. The molecular weight excluding hydrogens is 270 g/mol. The van der Waals surface area contributed by atoms with Crippen LogP contribution >= 0.6 is 0 Å². The second-order valence-electron chi connectivity index (χ2n) is 4.71. The maximum absolute atomic E-state index is 11.8. The average Bonchev–Trinajstić information content (AvgIpc) is 2.84. The van der Waals surface area contributed by atoms with Crippen molar-refractivity contribution in [2.45, 2.75) is 20.3 Å². The van der Waals surface area contributed by atoms with Crippen LogP contribution in [0.3, 0.4) is 0 Å². The predicted octanol–water partition coefficient (Wildman–Crippen LogP) is 1.42. The quantitative estimate of drug-likeness (QED) is 0.780. The number of aryl methyl sites for hydroxylation is 2. The van der Waals surface area contributed by atoms with Crippen LogP contribution in [0.15, 0.2) is 33.7 Å². The van der Waals surface area contributed by atoms with Gasteiger partial charge in [0, 0.05) is 23.7 Å². The molecule has 3 rings (SSSR count). The molecule has 0 unspecified atom stereocenters. The fraction of sp³-hybridized carbons (Fsp3) is 0.214. The topological polar surface area (TPSA) is 97.6 Å². The first-order valence-corrected chi connectivity index (χ1v) is 6.43. The maximum Gasteiger partial charge on any atom is 0.267 e. The second kappa shape index (κ2) is 5.28. The number of aromatic nitrogens is 5. The van der Waals surface area contributed by atoms with E-state index in [1.165, 1.54) is 0 Å². The van der Waals surface area contributed by atoms with Crippen molar-refractivity contribution in [3.05, 3.63) is 57.3 Å². The van der Waals surface area contributed by atoms with E-state index < -0.39 is 0 Å². The molecule has 3 aromatic rings. The van der Waals surface area contributed by atoms with Gasteiger partial charge in [-0.3, -0.25) is 4.79 Å². The largest absolute Gasteiger partial charge is 0.361 e. The smallest absolute Gasteiger partial charge is 0.267 e. The van der Waals surface area contributed by atoms with Gasteiger partial charge in [-0.1, -0.05) is 5.16 Å². The molecule has 1 N–H and O–H groups in total. The van der Waals surface area contributed by atoms with E-state index >= 15 is 0 Å². The number of rotatable bonds is 3. The summed E-state index contributed by atoms with van der Waals surface area (Å²) >= 11 is 0. The van der Waals surface area contributed by atoms with Crippen LogP contribution in [0.4, 0.5) is 0 Å². The molecule has 0 aliphatic carbocycles. The molecular formula is C14H13N5O2. The van der Waals surface area contributed by atoms with E-state index in [0.29, 0.717) is 29.1 Å². The summed E-state index contributed by atoms with van der Waals surface area (Å²) < 4.78 is 5.25. The van der Waals surface area contributed by atoms with Gasteiger partial charge < -0.3 is 4.52 Å². The molecule has 0 saturated heterocycles. The number of H-pyrrole nitrogens is 1. The third-order valence-corrected chi connectivity index (χ3v) is 3.20. The van der Waals surface area contributed by atoms with E-state index in [1.807, 2.05) is 26.0 Å². The Bertz CT molecular complexity index is 820. The Balaban J connectivity index is 2.03. The maximum atomic E-state index is 11.8. The van der Waals surface area contributed by atoms with E-state index in [-0.39, 0.29) is 5.56 Å². The summed E-state index contributed by atoms with van der Waals surface area (Å²) in [5.74, 6) is 0.656. The summed E-state index contributed by atoms with van der Waals surface area (Å²) in [5.41, 5.74) is 3.25. The van der Waals surface area contributed by atoms with Gasteiger partial charge in [-0.2, -0.15) is 10.2 Å². The van der Waals surface area contributed by atoms with Crippen LogP contribution in [0, 0.1) is 13.8 Å². The van der Waals surface area contributed by atoms with Crippen LogP contribution < -0.4 is 5.56 Å². The van der Waals surface area contributed by atoms with Crippen molar-refractivity contribution < 1.29 is 4.52 Å².